The van der Waals surface area contributed by atoms with Crippen molar-refractivity contribution >= 4 is 51.0 Å². The number of benzene rings is 7. The zero-order chi connectivity index (χ0) is 37.3. The van der Waals surface area contributed by atoms with Crippen molar-refractivity contribution in [3.8, 4) is 22.6 Å². The molecule has 56 heavy (non-hydrogen) atoms. The summed E-state index contributed by atoms with van der Waals surface area (Å²) in [6.45, 7) is 1.89. The van der Waals surface area contributed by atoms with Crippen LogP contribution in [0.25, 0.3) is 33.8 Å². The Morgan fingerprint density at radius 2 is 0.839 bits per heavy atom. The highest BCUT2D eigenvalue weighted by atomic mass is 16.4. The second-order valence-corrected chi connectivity index (χ2v) is 14.0. The van der Waals surface area contributed by atoms with Gasteiger partial charge in [-0.1, -0.05) is 84.9 Å². The Morgan fingerprint density at radius 3 is 1.32 bits per heavy atom. The Kier molecular flexibility index (Phi) is 8.54. The highest BCUT2D eigenvalue weighted by Gasteiger charge is 2.20. The number of aromatic nitrogens is 2. The number of anilines is 7. The first-order chi connectivity index (χ1) is 27.7. The highest BCUT2D eigenvalue weighted by Crippen LogP contribution is 2.39. The van der Waals surface area contributed by atoms with Gasteiger partial charge in [0.05, 0.1) is 0 Å². The minimum Gasteiger partial charge on any atom is -0.418 e. The first-order valence-electron chi connectivity index (χ1n) is 18.9. The van der Waals surface area contributed by atoms with Gasteiger partial charge in [0.2, 0.25) is 11.6 Å². The summed E-state index contributed by atoms with van der Waals surface area (Å²) in [5.41, 5.74) is 15.0. The van der Waals surface area contributed by atoms with Crippen molar-refractivity contribution in [3.63, 3.8) is 0 Å². The molecule has 0 saturated heterocycles. The van der Waals surface area contributed by atoms with Crippen LogP contribution in [0, 0.1) is 0 Å². The number of rotatable bonds is 9. The number of para-hydroxylation sites is 2. The van der Waals surface area contributed by atoms with Gasteiger partial charge in [-0.25, -0.2) is 9.97 Å². The summed E-state index contributed by atoms with van der Waals surface area (Å²) >= 11 is 0. The first kappa shape index (κ1) is 33.2. The Hall–Kier alpha value is -7.44. The number of fused-ring (bicyclic) bond motifs is 2. The molecule has 0 aliphatic carbocycles. The van der Waals surface area contributed by atoms with Crippen molar-refractivity contribution in [1.82, 2.24) is 9.97 Å². The van der Waals surface area contributed by atoms with E-state index >= 15 is 0 Å². The standard InChI is InChI=1S/C50H37N5O/c1-3-12-42(13-4-1)54(46-27-21-38(22-28-46)49-52-48-16-9-33-51-50(48)56-49)44-23-17-36(18-24-44)37-19-25-45(26-20-37)55(43-14-5-2-6-15-43)47-31-29-41(30-32-47)53-34-39-10-7-8-11-40(39)35-53/h1-33H,34-35H2. The van der Waals surface area contributed by atoms with E-state index in [9.17, 15) is 0 Å². The van der Waals surface area contributed by atoms with Crippen LogP contribution in [-0.2, 0) is 13.1 Å². The van der Waals surface area contributed by atoms with E-state index in [-0.39, 0.29) is 0 Å². The molecule has 1 aliphatic rings. The average Bonchev–Trinajstić information content (AvgIpc) is 3.91. The van der Waals surface area contributed by atoms with E-state index in [1.54, 1.807) is 6.20 Å². The van der Waals surface area contributed by atoms with Crippen LogP contribution >= 0.6 is 0 Å². The van der Waals surface area contributed by atoms with Crippen molar-refractivity contribution in [2.75, 3.05) is 14.7 Å². The molecule has 3 heterocycles. The van der Waals surface area contributed by atoms with Crippen LogP contribution in [0.1, 0.15) is 11.1 Å². The molecular formula is C50H37N5O. The molecule has 268 valence electrons. The lowest BCUT2D eigenvalue weighted by atomic mass is 10.0. The van der Waals surface area contributed by atoms with Gasteiger partial charge in [0.1, 0.15) is 5.52 Å². The summed E-state index contributed by atoms with van der Waals surface area (Å²) in [6, 6.07) is 68.4. The van der Waals surface area contributed by atoms with Crippen LogP contribution in [0.2, 0.25) is 0 Å². The average molecular weight is 724 g/mol. The maximum absolute atomic E-state index is 5.94. The first-order valence-corrected chi connectivity index (χ1v) is 18.9. The third kappa shape index (κ3) is 6.43. The molecule has 9 aromatic rings. The Labute approximate surface area is 326 Å². The van der Waals surface area contributed by atoms with Crippen LogP contribution < -0.4 is 14.7 Å². The molecule has 0 fully saturated rings. The third-order valence-corrected chi connectivity index (χ3v) is 10.5. The van der Waals surface area contributed by atoms with E-state index in [1.165, 1.54) is 16.8 Å². The lowest BCUT2D eigenvalue weighted by Crippen LogP contribution is -2.15. The van der Waals surface area contributed by atoms with Gasteiger partial charge in [-0.3, -0.25) is 0 Å². The molecule has 0 atom stereocenters. The molecule has 7 aromatic carbocycles. The lowest BCUT2D eigenvalue weighted by molar-refractivity contribution is 0.608. The second-order valence-electron chi connectivity index (χ2n) is 14.0. The summed E-state index contributed by atoms with van der Waals surface area (Å²) in [5, 5.41) is 0. The normalized spacial score (nSPS) is 12.1. The van der Waals surface area contributed by atoms with Crippen LogP contribution in [-0.4, -0.2) is 9.97 Å². The number of hydrogen-bond donors (Lipinski definition) is 0. The molecule has 0 spiro atoms. The molecule has 0 N–H and O–H groups in total. The molecule has 0 saturated carbocycles. The summed E-state index contributed by atoms with van der Waals surface area (Å²) in [6.07, 6.45) is 1.72. The van der Waals surface area contributed by atoms with Crippen molar-refractivity contribution in [2.45, 2.75) is 13.1 Å². The number of hydrogen-bond acceptors (Lipinski definition) is 6. The smallest absolute Gasteiger partial charge is 0.247 e. The topological polar surface area (TPSA) is 48.6 Å². The zero-order valence-electron chi connectivity index (χ0n) is 30.6. The molecule has 1 aliphatic heterocycles. The van der Waals surface area contributed by atoms with Crippen LogP contribution in [0.15, 0.2) is 205 Å². The highest BCUT2D eigenvalue weighted by molar-refractivity contribution is 5.82. The van der Waals surface area contributed by atoms with Gasteiger partial charge in [-0.2, -0.15) is 0 Å². The minimum absolute atomic E-state index is 0.537. The summed E-state index contributed by atoms with van der Waals surface area (Å²) in [7, 11) is 0. The molecule has 0 amide bonds. The molecule has 0 radical (unpaired) electrons. The summed E-state index contributed by atoms with van der Waals surface area (Å²) in [4.78, 5) is 15.9. The van der Waals surface area contributed by atoms with E-state index < -0.39 is 0 Å². The largest absolute Gasteiger partial charge is 0.418 e. The van der Waals surface area contributed by atoms with Crippen LogP contribution in [0.5, 0.6) is 0 Å². The van der Waals surface area contributed by atoms with Gasteiger partial charge < -0.3 is 19.1 Å². The molecule has 6 nitrogen and oxygen atoms in total. The fourth-order valence-electron chi connectivity index (χ4n) is 7.63. The monoisotopic (exact) mass is 723 g/mol. The summed E-state index contributed by atoms with van der Waals surface area (Å²) in [5.74, 6) is 0.556. The molecular weight excluding hydrogens is 687 g/mol. The van der Waals surface area contributed by atoms with Gasteiger partial charge in [-0.05, 0) is 131 Å². The van der Waals surface area contributed by atoms with Crippen LogP contribution in [0.4, 0.5) is 39.8 Å². The van der Waals surface area contributed by atoms with Crippen molar-refractivity contribution in [3.05, 3.63) is 211 Å². The molecule has 10 rings (SSSR count). The molecule has 2 aromatic heterocycles. The van der Waals surface area contributed by atoms with E-state index in [2.05, 4.69) is 188 Å². The minimum atomic E-state index is 0.537. The summed E-state index contributed by atoms with van der Waals surface area (Å²) < 4.78 is 5.94. The number of pyridine rings is 1. The number of oxazole rings is 1. The number of nitrogens with zero attached hydrogens (tertiary/aromatic N) is 5. The quantitative estimate of drug-likeness (QED) is 0.148. The predicted octanol–water partition coefficient (Wildman–Crippen LogP) is 13.0. The van der Waals surface area contributed by atoms with Crippen molar-refractivity contribution in [1.29, 1.82) is 0 Å². The SMILES string of the molecule is c1ccc(N(c2ccc(-c3ccc(N(c4ccccc4)c4ccc(N5Cc6ccccc6C5)cc4)cc3)cc2)c2ccc(-c3nc4cccnc4o3)cc2)cc1. The van der Waals surface area contributed by atoms with Crippen LogP contribution in [0.3, 0.4) is 0 Å². The van der Waals surface area contributed by atoms with E-state index in [1.807, 2.05) is 30.3 Å². The third-order valence-electron chi connectivity index (χ3n) is 10.5. The van der Waals surface area contributed by atoms with Gasteiger partial charge >= 0.3 is 0 Å². The Morgan fingerprint density at radius 1 is 0.411 bits per heavy atom. The van der Waals surface area contributed by atoms with Gasteiger partial charge in [-0.15, -0.1) is 0 Å². The van der Waals surface area contributed by atoms with Crippen molar-refractivity contribution in [2.24, 2.45) is 0 Å². The van der Waals surface area contributed by atoms with Crippen molar-refractivity contribution < 1.29 is 4.42 Å². The van der Waals surface area contributed by atoms with E-state index in [0.717, 1.165) is 69.4 Å². The van der Waals surface area contributed by atoms with E-state index in [4.69, 9.17) is 4.42 Å². The lowest BCUT2D eigenvalue weighted by Gasteiger charge is -2.27. The maximum Gasteiger partial charge on any atom is 0.247 e. The Bertz CT molecular complexity index is 2670. The molecule has 0 bridgehead atoms. The molecule has 0 unspecified atom stereocenters. The van der Waals surface area contributed by atoms with Gasteiger partial charge in [0.15, 0.2) is 0 Å². The Balaban J connectivity index is 0.911. The molecule has 6 heteroatoms. The van der Waals surface area contributed by atoms with E-state index in [0.29, 0.717) is 11.6 Å². The fraction of sp³-hybridized carbons (Fsp3) is 0.0400. The fourth-order valence-corrected chi connectivity index (χ4v) is 7.63. The zero-order valence-corrected chi connectivity index (χ0v) is 30.6. The predicted molar refractivity (Wildman–Crippen MR) is 228 cm³/mol. The second kappa shape index (κ2) is 14.4. The van der Waals surface area contributed by atoms with Gasteiger partial charge in [0.25, 0.3) is 0 Å². The maximum atomic E-state index is 5.94. The van der Waals surface area contributed by atoms with Gasteiger partial charge in [0, 0.05) is 64.7 Å².